The molecule has 3 amide bonds. The van der Waals surface area contributed by atoms with Gasteiger partial charge in [-0.15, -0.1) is 11.3 Å². The van der Waals surface area contributed by atoms with Gasteiger partial charge in [-0.3, -0.25) is 18.9 Å². The van der Waals surface area contributed by atoms with Gasteiger partial charge < -0.3 is 34.6 Å². The second-order valence-corrected chi connectivity index (χ2v) is 16.5. The molecule has 15 nitrogen and oxygen atoms in total. The average Bonchev–Trinajstić information content (AvgIpc) is 3.66. The molecular weight excluding hydrogens is 711 g/mol. The number of halogens is 2. The summed E-state index contributed by atoms with van der Waals surface area (Å²) in [5.41, 5.74) is -4.97. The zero-order valence-electron chi connectivity index (χ0n) is 27.1. The van der Waals surface area contributed by atoms with Crippen LogP contribution in [0.2, 0.25) is 0 Å². The standard InChI is InChI=1S/C29H40F2N5O10PS2/c1-4-35-12-10-19-7-8-22(25(37)33-20(28(40)45-3)11-13-49(32,43)44)36(19)27(39)21(16-35)34-26(38)24-15-17-14-18(6-9-23(17)48-24)29(30,31)47(41,42)46-5-2/h6,9,14-15,19-22H,4-5,7-8,10-13,16H2,1-3H3,(H,33,37)(H,34,38)(H,41,42)(H2,32,43,44)/t19-,20?,21+,22+/m1/s1. The van der Waals surface area contributed by atoms with E-state index in [1.165, 1.54) is 24.0 Å². The minimum Gasteiger partial charge on any atom is -0.467 e. The Morgan fingerprint density at radius 2 is 1.92 bits per heavy atom. The number of amides is 3. The summed E-state index contributed by atoms with van der Waals surface area (Å²) in [4.78, 5) is 66.7. The number of nitrogens with two attached hydrogens (primary N) is 1. The third-order valence-corrected chi connectivity index (χ3v) is 12.1. The first-order valence-electron chi connectivity index (χ1n) is 15.6. The fourth-order valence-electron chi connectivity index (χ4n) is 6.02. The van der Waals surface area contributed by atoms with Crippen LogP contribution in [-0.4, -0.2) is 110 Å². The van der Waals surface area contributed by atoms with Crippen LogP contribution >= 0.6 is 18.9 Å². The molecule has 0 spiro atoms. The van der Waals surface area contributed by atoms with E-state index in [4.69, 9.17) is 9.88 Å². The molecule has 0 bridgehead atoms. The van der Waals surface area contributed by atoms with E-state index >= 15 is 0 Å². The van der Waals surface area contributed by atoms with E-state index in [1.807, 2.05) is 11.8 Å². The van der Waals surface area contributed by atoms with E-state index in [0.717, 1.165) is 30.6 Å². The topological polar surface area (TPSA) is 215 Å². The first-order valence-corrected chi connectivity index (χ1v) is 19.7. The third-order valence-electron chi connectivity index (χ3n) is 8.57. The van der Waals surface area contributed by atoms with E-state index in [0.29, 0.717) is 30.6 Å². The number of esters is 1. The number of benzene rings is 1. The Kier molecular flexibility index (Phi) is 12.2. The number of carbonyl (C=O) groups excluding carboxylic acids is 4. The highest BCUT2D eigenvalue weighted by molar-refractivity contribution is 7.89. The lowest BCUT2D eigenvalue weighted by Crippen LogP contribution is -2.61. The summed E-state index contributed by atoms with van der Waals surface area (Å²) in [5.74, 6) is -3.37. The van der Waals surface area contributed by atoms with Gasteiger partial charge in [0.05, 0.1) is 24.3 Å². The summed E-state index contributed by atoms with van der Waals surface area (Å²) >= 11 is 0.973. The van der Waals surface area contributed by atoms with Gasteiger partial charge in [-0.25, -0.2) is 18.4 Å². The molecule has 2 aromatic rings. The van der Waals surface area contributed by atoms with Crippen LogP contribution < -0.4 is 15.8 Å². The molecule has 2 aliphatic rings. The van der Waals surface area contributed by atoms with Crippen molar-refractivity contribution in [1.82, 2.24) is 20.4 Å². The molecule has 4 rings (SSSR count). The van der Waals surface area contributed by atoms with Crippen LogP contribution in [0.4, 0.5) is 8.78 Å². The number of rotatable bonds is 13. The number of ether oxygens (including phenoxy) is 1. The SMILES string of the molecule is CCOP(=O)(O)C(F)(F)c1ccc2sc(C(=O)N[C@H]3CN(CC)CC[C@H]4CC[C@@H](C(=O)NC(CCS(N)(=O)=O)C(=O)OC)N4C3=O)cc2c1. The molecule has 5 atom stereocenters. The molecule has 3 heterocycles. The number of hydrogen-bond acceptors (Lipinski definition) is 11. The van der Waals surface area contributed by atoms with E-state index in [-0.39, 0.29) is 35.7 Å². The summed E-state index contributed by atoms with van der Waals surface area (Å²) in [6.45, 7) is 4.05. The van der Waals surface area contributed by atoms with Gasteiger partial charge in [0, 0.05) is 29.4 Å². The fraction of sp³-hybridized carbons (Fsp3) is 0.586. The van der Waals surface area contributed by atoms with Crippen LogP contribution in [0.15, 0.2) is 24.3 Å². The van der Waals surface area contributed by atoms with Crippen molar-refractivity contribution in [2.75, 3.05) is 39.1 Å². The lowest BCUT2D eigenvalue weighted by Gasteiger charge is -2.38. The quantitative estimate of drug-likeness (QED) is 0.171. The summed E-state index contributed by atoms with van der Waals surface area (Å²) in [6, 6.07) is 0.810. The molecule has 49 heavy (non-hydrogen) atoms. The van der Waals surface area contributed by atoms with Crippen LogP contribution in [0.25, 0.3) is 10.1 Å². The van der Waals surface area contributed by atoms with Gasteiger partial charge in [0.15, 0.2) is 0 Å². The van der Waals surface area contributed by atoms with E-state index in [2.05, 4.69) is 15.2 Å². The average molecular weight is 752 g/mol. The molecule has 1 aromatic carbocycles. The van der Waals surface area contributed by atoms with Crippen LogP contribution in [0.3, 0.4) is 0 Å². The van der Waals surface area contributed by atoms with E-state index in [9.17, 15) is 45.8 Å². The predicted molar refractivity (Wildman–Crippen MR) is 175 cm³/mol. The normalized spacial score (nSPS) is 22.5. The maximum absolute atomic E-state index is 14.9. The zero-order chi connectivity index (χ0) is 36.3. The Hall–Kier alpha value is -3.06. The van der Waals surface area contributed by atoms with Crippen molar-refractivity contribution in [3.05, 3.63) is 34.7 Å². The van der Waals surface area contributed by atoms with Crippen molar-refractivity contribution < 1.29 is 55.1 Å². The number of methoxy groups -OCH3 is 1. The molecule has 2 fully saturated rings. The summed E-state index contributed by atoms with van der Waals surface area (Å²) in [5, 5.41) is 10.5. The number of likely N-dealkylation sites (N-methyl/N-ethyl adjacent to an activating group) is 1. The van der Waals surface area contributed by atoms with Crippen LogP contribution in [0.1, 0.15) is 54.8 Å². The van der Waals surface area contributed by atoms with Crippen LogP contribution in [-0.2, 0) is 43.9 Å². The molecule has 5 N–H and O–H groups in total. The van der Waals surface area contributed by atoms with Crippen molar-refractivity contribution in [1.29, 1.82) is 0 Å². The summed E-state index contributed by atoms with van der Waals surface area (Å²) in [7, 11) is -8.21. The predicted octanol–water partition coefficient (Wildman–Crippen LogP) is 1.69. The fourth-order valence-corrected chi connectivity index (χ4v) is 8.51. The first kappa shape index (κ1) is 38.7. The molecule has 2 unspecified atom stereocenters. The Morgan fingerprint density at radius 1 is 1.20 bits per heavy atom. The minimum atomic E-state index is -5.34. The Bertz CT molecular complexity index is 1740. The molecule has 272 valence electrons. The van der Waals surface area contributed by atoms with Gasteiger partial charge in [0.1, 0.15) is 18.1 Å². The number of thiophene rings is 1. The zero-order valence-corrected chi connectivity index (χ0v) is 29.6. The number of fused-ring (bicyclic) bond motifs is 2. The van der Waals surface area contributed by atoms with E-state index in [1.54, 1.807) is 0 Å². The minimum absolute atomic E-state index is 0.0911. The van der Waals surface area contributed by atoms with Crippen molar-refractivity contribution in [2.24, 2.45) is 5.14 Å². The van der Waals surface area contributed by atoms with E-state index < -0.39 is 83.0 Å². The van der Waals surface area contributed by atoms with Crippen molar-refractivity contribution in [3.8, 4) is 0 Å². The highest BCUT2D eigenvalue weighted by atomic mass is 32.2. The van der Waals surface area contributed by atoms with Crippen LogP contribution in [0.5, 0.6) is 0 Å². The Balaban J connectivity index is 1.56. The van der Waals surface area contributed by atoms with Crippen molar-refractivity contribution in [3.63, 3.8) is 0 Å². The second kappa shape index (κ2) is 15.4. The molecule has 0 radical (unpaired) electrons. The van der Waals surface area contributed by atoms with Gasteiger partial charge in [-0.1, -0.05) is 13.0 Å². The largest absolute Gasteiger partial charge is 0.467 e. The number of sulfonamides is 1. The van der Waals surface area contributed by atoms with Crippen molar-refractivity contribution in [2.45, 2.75) is 69.4 Å². The van der Waals surface area contributed by atoms with Gasteiger partial charge in [-0.2, -0.15) is 8.78 Å². The lowest BCUT2D eigenvalue weighted by atomic mass is 10.1. The van der Waals surface area contributed by atoms with Gasteiger partial charge in [-0.05, 0) is 62.7 Å². The molecule has 2 aliphatic heterocycles. The summed E-state index contributed by atoms with van der Waals surface area (Å²) in [6.07, 6.45) is 0.926. The van der Waals surface area contributed by atoms with Crippen molar-refractivity contribution >= 4 is 62.7 Å². The van der Waals surface area contributed by atoms with Gasteiger partial charge in [0.2, 0.25) is 21.8 Å². The second-order valence-electron chi connectivity index (χ2n) is 11.8. The number of primary sulfonamides is 1. The van der Waals surface area contributed by atoms with Gasteiger partial charge >= 0.3 is 19.2 Å². The number of alkyl halides is 2. The maximum Gasteiger partial charge on any atom is 0.401 e. The molecule has 2 saturated heterocycles. The lowest BCUT2D eigenvalue weighted by molar-refractivity contribution is -0.147. The number of nitrogens with zero attached hydrogens (tertiary/aromatic N) is 2. The third kappa shape index (κ3) is 8.82. The molecule has 0 aliphatic carbocycles. The molecular formula is C29H40F2N5O10PS2. The smallest absolute Gasteiger partial charge is 0.401 e. The first-order chi connectivity index (χ1) is 22.9. The summed E-state index contributed by atoms with van der Waals surface area (Å²) < 4.78 is 74.5. The number of nitrogens with one attached hydrogen (secondary N) is 2. The van der Waals surface area contributed by atoms with Gasteiger partial charge in [0.25, 0.3) is 5.91 Å². The molecule has 20 heteroatoms. The highest BCUT2D eigenvalue weighted by Gasteiger charge is 2.52. The Labute approximate surface area is 286 Å². The maximum atomic E-state index is 14.9. The number of hydrogen-bond donors (Lipinski definition) is 4. The number of carbonyl (C=O) groups is 4. The molecule has 1 aromatic heterocycles. The molecule has 0 saturated carbocycles. The van der Waals surface area contributed by atoms with Crippen LogP contribution in [0, 0.1) is 0 Å². The Morgan fingerprint density at radius 3 is 2.55 bits per heavy atom. The monoisotopic (exact) mass is 751 g/mol. The highest BCUT2D eigenvalue weighted by Crippen LogP contribution is 2.63.